The number of aliphatic hydroxyl groups is 1. The van der Waals surface area contributed by atoms with Crippen LogP contribution in [0.25, 0.3) is 0 Å². The highest BCUT2D eigenvalue weighted by Crippen LogP contribution is 2.30. The van der Waals surface area contributed by atoms with Gasteiger partial charge in [0.1, 0.15) is 0 Å². The third-order valence-electron chi connectivity index (χ3n) is 4.10. The summed E-state index contributed by atoms with van der Waals surface area (Å²) in [5.41, 5.74) is 6.84. The van der Waals surface area contributed by atoms with Gasteiger partial charge in [0.2, 0.25) is 0 Å². The van der Waals surface area contributed by atoms with Gasteiger partial charge in [-0.05, 0) is 37.5 Å². The van der Waals surface area contributed by atoms with Crippen LogP contribution in [0, 0.1) is 0 Å². The number of carbonyl (C=O) groups is 1. The number of anilines is 1. The average molecular weight is 291 g/mol. The number of likely N-dealkylation sites (N-methyl/N-ethyl adjacent to an activating group) is 1. The van der Waals surface area contributed by atoms with Gasteiger partial charge in [-0.15, -0.1) is 0 Å². The van der Waals surface area contributed by atoms with E-state index >= 15 is 0 Å². The number of carbonyl (C=O) groups excluding carboxylic acids is 1. The first-order valence-corrected chi connectivity index (χ1v) is 7.50. The molecule has 0 aliphatic heterocycles. The highest BCUT2D eigenvalue weighted by molar-refractivity contribution is 5.89. The lowest BCUT2D eigenvalue weighted by molar-refractivity contribution is 0.0262. The minimum absolute atomic E-state index is 0.0194. The van der Waals surface area contributed by atoms with E-state index in [0.717, 1.165) is 36.9 Å². The smallest absolute Gasteiger partial charge is 0.321 e. The molecular formula is C16H25N3O2. The molecule has 0 bridgehead atoms. The second-order valence-corrected chi connectivity index (χ2v) is 6.13. The maximum Gasteiger partial charge on any atom is 0.321 e. The SMILES string of the molecule is CC(N)c1ccc(NC(=O)N(C)CC2(O)CCCC2)cc1. The van der Waals surface area contributed by atoms with Gasteiger partial charge in [-0.2, -0.15) is 0 Å². The zero-order valence-electron chi connectivity index (χ0n) is 12.8. The molecule has 0 aromatic heterocycles. The van der Waals surface area contributed by atoms with E-state index in [1.165, 1.54) is 0 Å². The Morgan fingerprint density at radius 1 is 1.38 bits per heavy atom. The highest BCUT2D eigenvalue weighted by Gasteiger charge is 2.33. The summed E-state index contributed by atoms with van der Waals surface area (Å²) >= 11 is 0. The molecule has 5 nitrogen and oxygen atoms in total. The molecule has 0 spiro atoms. The quantitative estimate of drug-likeness (QED) is 0.797. The van der Waals surface area contributed by atoms with E-state index in [-0.39, 0.29) is 12.1 Å². The maximum atomic E-state index is 12.1. The Labute approximate surface area is 126 Å². The molecular weight excluding hydrogens is 266 g/mol. The van der Waals surface area contributed by atoms with Crippen molar-refractivity contribution in [2.45, 2.75) is 44.2 Å². The Balaban J connectivity index is 1.91. The molecule has 21 heavy (non-hydrogen) atoms. The van der Waals surface area contributed by atoms with Crippen LogP contribution in [0.3, 0.4) is 0 Å². The van der Waals surface area contributed by atoms with Crippen molar-refractivity contribution in [3.63, 3.8) is 0 Å². The molecule has 1 aromatic rings. The number of benzene rings is 1. The predicted molar refractivity (Wildman–Crippen MR) is 84.1 cm³/mol. The van der Waals surface area contributed by atoms with Crippen molar-refractivity contribution in [3.8, 4) is 0 Å². The first-order valence-electron chi connectivity index (χ1n) is 7.50. The van der Waals surface area contributed by atoms with Crippen LogP contribution >= 0.6 is 0 Å². The summed E-state index contributed by atoms with van der Waals surface area (Å²) in [6.45, 7) is 2.29. The largest absolute Gasteiger partial charge is 0.388 e. The summed E-state index contributed by atoms with van der Waals surface area (Å²) in [7, 11) is 1.71. The van der Waals surface area contributed by atoms with Crippen LogP contribution in [-0.4, -0.2) is 35.2 Å². The molecule has 1 aromatic carbocycles. The molecule has 1 atom stereocenters. The van der Waals surface area contributed by atoms with Gasteiger partial charge >= 0.3 is 6.03 Å². The number of amides is 2. The molecule has 0 radical (unpaired) electrons. The number of hydrogen-bond donors (Lipinski definition) is 3. The summed E-state index contributed by atoms with van der Waals surface area (Å²) in [6.07, 6.45) is 3.61. The van der Waals surface area contributed by atoms with E-state index in [1.807, 2.05) is 31.2 Å². The fraction of sp³-hybridized carbons (Fsp3) is 0.562. The third-order valence-corrected chi connectivity index (χ3v) is 4.10. The molecule has 1 fully saturated rings. The molecule has 0 heterocycles. The van der Waals surface area contributed by atoms with Crippen molar-refractivity contribution in [2.75, 3.05) is 18.9 Å². The second kappa shape index (κ2) is 6.45. The molecule has 1 aliphatic carbocycles. The maximum absolute atomic E-state index is 12.1. The fourth-order valence-corrected chi connectivity index (χ4v) is 2.79. The number of nitrogens with zero attached hydrogens (tertiary/aromatic N) is 1. The first-order chi connectivity index (χ1) is 9.89. The Kier molecular flexibility index (Phi) is 4.85. The Hall–Kier alpha value is -1.59. The van der Waals surface area contributed by atoms with Crippen LogP contribution in [0.1, 0.15) is 44.2 Å². The van der Waals surface area contributed by atoms with E-state index in [2.05, 4.69) is 5.32 Å². The Bertz CT molecular complexity index is 479. The van der Waals surface area contributed by atoms with E-state index in [4.69, 9.17) is 5.73 Å². The topological polar surface area (TPSA) is 78.6 Å². The van der Waals surface area contributed by atoms with Crippen molar-refractivity contribution >= 4 is 11.7 Å². The van der Waals surface area contributed by atoms with Gasteiger partial charge in [-0.1, -0.05) is 25.0 Å². The molecule has 116 valence electrons. The van der Waals surface area contributed by atoms with E-state index in [9.17, 15) is 9.90 Å². The molecule has 1 unspecified atom stereocenters. The minimum atomic E-state index is -0.717. The van der Waals surface area contributed by atoms with Gasteiger partial charge in [0.05, 0.1) is 12.1 Å². The summed E-state index contributed by atoms with van der Waals surface area (Å²) < 4.78 is 0. The standard InChI is InChI=1S/C16H25N3O2/c1-12(17)13-5-7-14(8-6-13)18-15(20)19(2)11-16(21)9-3-4-10-16/h5-8,12,21H,3-4,9-11,17H2,1-2H3,(H,18,20). The van der Waals surface area contributed by atoms with Crippen molar-refractivity contribution in [2.24, 2.45) is 5.73 Å². The molecule has 2 rings (SSSR count). The predicted octanol–water partition coefficient (Wildman–Crippen LogP) is 2.48. The van der Waals surface area contributed by atoms with Crippen LogP contribution in [0.5, 0.6) is 0 Å². The van der Waals surface area contributed by atoms with Crippen molar-refractivity contribution in [3.05, 3.63) is 29.8 Å². The van der Waals surface area contributed by atoms with Crippen LogP contribution in [-0.2, 0) is 0 Å². The number of nitrogens with two attached hydrogens (primary N) is 1. The lowest BCUT2D eigenvalue weighted by atomic mass is 10.0. The van der Waals surface area contributed by atoms with Gasteiger partial charge in [-0.25, -0.2) is 4.79 Å². The van der Waals surface area contributed by atoms with E-state index < -0.39 is 5.60 Å². The van der Waals surface area contributed by atoms with Gasteiger partial charge in [0.15, 0.2) is 0 Å². The summed E-state index contributed by atoms with van der Waals surface area (Å²) in [4.78, 5) is 13.7. The summed E-state index contributed by atoms with van der Waals surface area (Å²) in [5, 5.41) is 13.2. The number of urea groups is 1. The highest BCUT2D eigenvalue weighted by atomic mass is 16.3. The zero-order valence-corrected chi connectivity index (χ0v) is 12.8. The van der Waals surface area contributed by atoms with Gasteiger partial charge in [-0.3, -0.25) is 0 Å². The zero-order chi connectivity index (χ0) is 15.5. The second-order valence-electron chi connectivity index (χ2n) is 6.13. The number of rotatable bonds is 4. The normalized spacial score (nSPS) is 18.3. The van der Waals surface area contributed by atoms with Crippen molar-refractivity contribution < 1.29 is 9.90 Å². The van der Waals surface area contributed by atoms with Gasteiger partial charge in [0.25, 0.3) is 0 Å². The molecule has 4 N–H and O–H groups in total. The summed E-state index contributed by atoms with van der Waals surface area (Å²) in [5.74, 6) is 0. The van der Waals surface area contributed by atoms with Crippen molar-refractivity contribution in [1.29, 1.82) is 0 Å². The number of nitrogens with one attached hydrogen (secondary N) is 1. The van der Waals surface area contributed by atoms with Crippen LogP contribution in [0.2, 0.25) is 0 Å². The fourth-order valence-electron chi connectivity index (χ4n) is 2.79. The molecule has 5 heteroatoms. The molecule has 2 amide bonds. The third kappa shape index (κ3) is 4.19. The molecule has 1 aliphatic rings. The molecule has 1 saturated carbocycles. The van der Waals surface area contributed by atoms with E-state index in [1.54, 1.807) is 11.9 Å². The minimum Gasteiger partial charge on any atom is -0.388 e. The Morgan fingerprint density at radius 3 is 2.48 bits per heavy atom. The number of hydrogen-bond acceptors (Lipinski definition) is 3. The van der Waals surface area contributed by atoms with Gasteiger partial charge < -0.3 is 21.1 Å². The lowest BCUT2D eigenvalue weighted by Crippen LogP contribution is -2.43. The van der Waals surface area contributed by atoms with Crippen molar-refractivity contribution in [1.82, 2.24) is 4.90 Å². The van der Waals surface area contributed by atoms with Crippen LogP contribution < -0.4 is 11.1 Å². The molecule has 0 saturated heterocycles. The monoisotopic (exact) mass is 291 g/mol. The Morgan fingerprint density at radius 2 is 1.95 bits per heavy atom. The van der Waals surface area contributed by atoms with E-state index in [0.29, 0.717) is 6.54 Å². The first kappa shape index (κ1) is 15.8. The lowest BCUT2D eigenvalue weighted by Gasteiger charge is -2.28. The van der Waals surface area contributed by atoms with Gasteiger partial charge in [0, 0.05) is 18.8 Å². The summed E-state index contributed by atoms with van der Waals surface area (Å²) in [6, 6.07) is 7.27. The van der Waals surface area contributed by atoms with Crippen LogP contribution in [0.4, 0.5) is 10.5 Å². The van der Waals surface area contributed by atoms with Crippen LogP contribution in [0.15, 0.2) is 24.3 Å². The average Bonchev–Trinajstić information content (AvgIpc) is 2.85.